The number of carbonyl (C=O) groups is 2. The van der Waals surface area contributed by atoms with Crippen molar-refractivity contribution in [3.05, 3.63) is 50.2 Å². The summed E-state index contributed by atoms with van der Waals surface area (Å²) in [6, 6.07) is 0. The second-order valence-corrected chi connectivity index (χ2v) is 7.35. The van der Waals surface area contributed by atoms with Crippen molar-refractivity contribution in [1.29, 1.82) is 0 Å². The summed E-state index contributed by atoms with van der Waals surface area (Å²) in [6.45, 7) is 5.05. The molecule has 12 heteroatoms. The summed E-state index contributed by atoms with van der Waals surface area (Å²) in [5.74, 6) is -1.49. The van der Waals surface area contributed by atoms with Gasteiger partial charge in [0.25, 0.3) is 11.3 Å². The Labute approximate surface area is 176 Å². The number of nitrogens with zero attached hydrogens (tertiary/aromatic N) is 6. The highest BCUT2D eigenvalue weighted by atomic mass is 16.5. The van der Waals surface area contributed by atoms with E-state index in [2.05, 4.69) is 15.1 Å². The van der Waals surface area contributed by atoms with Gasteiger partial charge in [0.05, 0.1) is 11.3 Å². The van der Waals surface area contributed by atoms with Crippen molar-refractivity contribution in [3.63, 3.8) is 0 Å². The number of rotatable bonds is 7. The topological polar surface area (TPSA) is 156 Å². The van der Waals surface area contributed by atoms with Crippen LogP contribution >= 0.6 is 0 Å². The van der Waals surface area contributed by atoms with Crippen LogP contribution in [0.2, 0.25) is 0 Å². The Morgan fingerprint density at radius 3 is 2.58 bits per heavy atom. The molecule has 31 heavy (non-hydrogen) atoms. The minimum absolute atomic E-state index is 0.0462. The van der Waals surface area contributed by atoms with E-state index < -0.39 is 35.2 Å². The van der Waals surface area contributed by atoms with E-state index in [4.69, 9.17) is 10.5 Å². The van der Waals surface area contributed by atoms with E-state index >= 15 is 0 Å². The van der Waals surface area contributed by atoms with Crippen LogP contribution in [0.5, 0.6) is 0 Å². The molecule has 0 amide bonds. The molecular formula is C19H23N7O5. The van der Waals surface area contributed by atoms with Gasteiger partial charge in [-0.05, 0) is 12.3 Å². The first-order chi connectivity index (χ1) is 14.7. The summed E-state index contributed by atoms with van der Waals surface area (Å²) in [4.78, 5) is 58.2. The van der Waals surface area contributed by atoms with Gasteiger partial charge in [0.2, 0.25) is 5.78 Å². The molecule has 0 atom stereocenters. The number of hydrogen-bond donors (Lipinski definition) is 1. The average Bonchev–Trinajstić information content (AvgIpc) is 3.21. The predicted octanol–water partition coefficient (Wildman–Crippen LogP) is -0.175. The van der Waals surface area contributed by atoms with Crippen LogP contribution in [0.15, 0.2) is 22.1 Å². The van der Waals surface area contributed by atoms with Gasteiger partial charge in [0.15, 0.2) is 6.61 Å². The van der Waals surface area contributed by atoms with Crippen molar-refractivity contribution < 1.29 is 14.3 Å². The standard InChI is InChI=1S/C19H23N7O5/c1-5-12-11(6-21-18-22-9-23-26(12)18)17(29)31-8-13(27)14-15(20)25(7-10(2)3)19(30)24(4)16(14)28/h6,9-10H,5,7-8,20H2,1-4H3. The zero-order valence-corrected chi connectivity index (χ0v) is 17.7. The van der Waals surface area contributed by atoms with Crippen LogP contribution < -0.4 is 17.0 Å². The Kier molecular flexibility index (Phi) is 5.99. The maximum absolute atomic E-state index is 12.7. The number of anilines is 1. The molecule has 164 valence electrons. The van der Waals surface area contributed by atoms with Gasteiger partial charge in [-0.1, -0.05) is 20.8 Å². The number of ketones is 1. The van der Waals surface area contributed by atoms with Crippen LogP contribution in [0.25, 0.3) is 5.78 Å². The first-order valence-electron chi connectivity index (χ1n) is 9.64. The van der Waals surface area contributed by atoms with Gasteiger partial charge in [0, 0.05) is 19.8 Å². The van der Waals surface area contributed by atoms with Crippen LogP contribution in [0, 0.1) is 5.92 Å². The lowest BCUT2D eigenvalue weighted by Crippen LogP contribution is -2.43. The molecule has 0 aliphatic rings. The molecule has 0 unspecified atom stereocenters. The van der Waals surface area contributed by atoms with Crippen molar-refractivity contribution >= 4 is 23.3 Å². The van der Waals surface area contributed by atoms with Gasteiger partial charge < -0.3 is 10.5 Å². The Bertz CT molecular complexity index is 1290. The van der Waals surface area contributed by atoms with E-state index in [1.165, 1.54) is 28.7 Å². The third kappa shape index (κ3) is 3.96. The molecule has 0 aliphatic heterocycles. The van der Waals surface area contributed by atoms with E-state index in [0.717, 1.165) is 4.57 Å². The summed E-state index contributed by atoms with van der Waals surface area (Å²) >= 11 is 0. The number of carbonyl (C=O) groups excluding carboxylic acids is 2. The van der Waals surface area contributed by atoms with Crippen molar-refractivity contribution in [3.8, 4) is 0 Å². The number of esters is 1. The molecule has 3 heterocycles. The molecule has 0 spiro atoms. The number of nitrogen functional groups attached to an aromatic ring is 1. The highest BCUT2D eigenvalue weighted by Gasteiger charge is 2.24. The first-order valence-corrected chi connectivity index (χ1v) is 9.64. The van der Waals surface area contributed by atoms with E-state index in [9.17, 15) is 19.2 Å². The second kappa shape index (κ2) is 8.50. The van der Waals surface area contributed by atoms with Crippen LogP contribution in [0.4, 0.5) is 5.82 Å². The smallest absolute Gasteiger partial charge is 0.342 e. The number of fused-ring (bicyclic) bond motifs is 1. The van der Waals surface area contributed by atoms with E-state index in [1.807, 2.05) is 20.8 Å². The average molecular weight is 429 g/mol. The van der Waals surface area contributed by atoms with E-state index in [1.54, 1.807) is 0 Å². The molecule has 0 aromatic carbocycles. The molecule has 0 saturated carbocycles. The molecule has 2 N–H and O–H groups in total. The Morgan fingerprint density at radius 1 is 1.23 bits per heavy atom. The first kappa shape index (κ1) is 21.9. The number of ether oxygens (including phenoxy) is 1. The zero-order chi connectivity index (χ0) is 22.9. The van der Waals surface area contributed by atoms with Crippen molar-refractivity contribution in [2.45, 2.75) is 33.7 Å². The third-order valence-electron chi connectivity index (χ3n) is 4.70. The minimum Gasteiger partial charge on any atom is -0.454 e. The van der Waals surface area contributed by atoms with Crippen molar-refractivity contribution in [2.75, 3.05) is 12.3 Å². The fourth-order valence-corrected chi connectivity index (χ4v) is 3.20. The molecule has 3 rings (SSSR count). The highest BCUT2D eigenvalue weighted by molar-refractivity contribution is 6.02. The molecule has 0 bridgehead atoms. The minimum atomic E-state index is -0.844. The lowest BCUT2D eigenvalue weighted by atomic mass is 10.1. The fourth-order valence-electron chi connectivity index (χ4n) is 3.20. The molecule has 3 aromatic rings. The quantitative estimate of drug-likeness (QED) is 0.397. The Balaban J connectivity index is 1.89. The maximum Gasteiger partial charge on any atom is 0.342 e. The zero-order valence-electron chi connectivity index (χ0n) is 17.7. The van der Waals surface area contributed by atoms with E-state index in [-0.39, 0.29) is 23.8 Å². The predicted molar refractivity (Wildman–Crippen MR) is 110 cm³/mol. The largest absolute Gasteiger partial charge is 0.454 e. The van der Waals surface area contributed by atoms with E-state index in [0.29, 0.717) is 17.9 Å². The normalized spacial score (nSPS) is 11.3. The number of nitrogens with two attached hydrogens (primary N) is 1. The molecule has 12 nitrogen and oxygen atoms in total. The fraction of sp³-hybridized carbons (Fsp3) is 0.421. The molecule has 0 radical (unpaired) electrons. The molecule has 0 aliphatic carbocycles. The van der Waals surface area contributed by atoms with Crippen LogP contribution in [0.1, 0.15) is 47.2 Å². The van der Waals surface area contributed by atoms with Gasteiger partial charge in [-0.25, -0.2) is 19.1 Å². The van der Waals surface area contributed by atoms with Gasteiger partial charge >= 0.3 is 11.7 Å². The molecule has 0 saturated heterocycles. The monoisotopic (exact) mass is 429 g/mol. The summed E-state index contributed by atoms with van der Waals surface area (Å²) in [6.07, 6.45) is 3.05. The molecular weight excluding hydrogens is 406 g/mol. The lowest BCUT2D eigenvalue weighted by Gasteiger charge is -2.16. The number of aromatic nitrogens is 6. The van der Waals surface area contributed by atoms with Crippen LogP contribution in [-0.2, 0) is 24.8 Å². The highest BCUT2D eigenvalue weighted by Crippen LogP contribution is 2.13. The lowest BCUT2D eigenvalue weighted by molar-refractivity contribution is 0.0472. The number of aryl methyl sites for hydroxylation is 1. The van der Waals surface area contributed by atoms with Crippen molar-refractivity contribution in [2.24, 2.45) is 13.0 Å². The van der Waals surface area contributed by atoms with Gasteiger partial charge in [-0.15, -0.1) is 0 Å². The molecule has 3 aromatic heterocycles. The summed E-state index contributed by atoms with van der Waals surface area (Å²) in [5.41, 5.74) is 4.76. The van der Waals surface area contributed by atoms with Crippen molar-refractivity contribution in [1.82, 2.24) is 28.7 Å². The second-order valence-electron chi connectivity index (χ2n) is 7.35. The number of Topliss-reactive ketones (excluding diaryl/α,β-unsaturated/α-hetero) is 1. The van der Waals surface area contributed by atoms with Gasteiger partial charge in [-0.3, -0.25) is 18.7 Å². The van der Waals surface area contributed by atoms with Gasteiger partial charge in [-0.2, -0.15) is 10.1 Å². The Morgan fingerprint density at radius 2 is 1.94 bits per heavy atom. The number of hydrogen-bond acceptors (Lipinski definition) is 9. The van der Waals surface area contributed by atoms with Crippen LogP contribution in [0.3, 0.4) is 0 Å². The Hall–Kier alpha value is -3.83. The van der Waals surface area contributed by atoms with Gasteiger partial charge in [0.1, 0.15) is 17.7 Å². The summed E-state index contributed by atoms with van der Waals surface area (Å²) in [7, 11) is 1.26. The molecule has 0 fully saturated rings. The summed E-state index contributed by atoms with van der Waals surface area (Å²) in [5, 5.41) is 4.03. The maximum atomic E-state index is 12.7. The summed E-state index contributed by atoms with van der Waals surface area (Å²) < 4.78 is 8.52. The SMILES string of the molecule is CCc1c(C(=O)OCC(=O)c2c(N)n(CC(C)C)c(=O)n(C)c2=O)cnc2ncnn12. The third-order valence-corrected chi connectivity index (χ3v) is 4.70. The van der Waals surface area contributed by atoms with Crippen LogP contribution in [-0.4, -0.2) is 47.1 Å².